The maximum atomic E-state index is 12.4. The van der Waals surface area contributed by atoms with Gasteiger partial charge in [-0.2, -0.15) is 0 Å². The quantitative estimate of drug-likeness (QED) is 0.624. The molecule has 1 aromatic rings. The predicted octanol–water partition coefficient (Wildman–Crippen LogP) is 0.870. The molecular weight excluding hydrogens is 340 g/mol. The summed E-state index contributed by atoms with van der Waals surface area (Å²) in [7, 11) is 0. The Morgan fingerprint density at radius 1 is 1.40 bits per heavy atom. The van der Waals surface area contributed by atoms with Gasteiger partial charge in [0.15, 0.2) is 6.61 Å². The Bertz CT molecular complexity index is 730. The van der Waals surface area contributed by atoms with E-state index in [-0.39, 0.29) is 12.5 Å². The summed E-state index contributed by atoms with van der Waals surface area (Å²) in [6.45, 7) is -0.320. The van der Waals surface area contributed by atoms with E-state index in [9.17, 15) is 14.4 Å². The van der Waals surface area contributed by atoms with Crippen LogP contribution in [0.5, 0.6) is 0 Å². The van der Waals surface area contributed by atoms with Gasteiger partial charge in [0.25, 0.3) is 5.91 Å². The first kappa shape index (κ1) is 17.4. The number of thioether (sulfide) groups is 1. The van der Waals surface area contributed by atoms with Crippen molar-refractivity contribution in [2.45, 2.75) is 23.8 Å². The van der Waals surface area contributed by atoms with Crippen LogP contribution < -0.4 is 5.32 Å². The molecule has 0 bridgehead atoms. The number of hydrogen-bond donors (Lipinski definition) is 1. The summed E-state index contributed by atoms with van der Waals surface area (Å²) in [5, 5.41) is 2.43. The Morgan fingerprint density at radius 2 is 2.16 bits per heavy atom. The first-order valence-electron chi connectivity index (χ1n) is 7.97. The van der Waals surface area contributed by atoms with E-state index in [0.29, 0.717) is 18.6 Å². The number of rotatable bonds is 5. The maximum Gasteiger partial charge on any atom is 0.330 e. The highest BCUT2D eigenvalue weighted by Crippen LogP contribution is 2.54. The smallest absolute Gasteiger partial charge is 0.330 e. The van der Waals surface area contributed by atoms with E-state index in [1.165, 1.54) is 0 Å². The minimum Gasteiger partial charge on any atom is -0.454 e. The summed E-state index contributed by atoms with van der Waals surface area (Å²) < 4.78 is 5.10. The molecule has 2 aliphatic rings. The number of benzene rings is 1. The van der Waals surface area contributed by atoms with Crippen LogP contribution in [0.3, 0.4) is 0 Å². The molecule has 1 N–H and O–H groups in total. The van der Waals surface area contributed by atoms with Gasteiger partial charge in [-0.1, -0.05) is 36.3 Å². The second-order valence-electron chi connectivity index (χ2n) is 5.83. The number of nitrogens with one attached hydrogen (secondary N) is 1. The summed E-state index contributed by atoms with van der Waals surface area (Å²) in [5.41, 5.74) is 1.01. The van der Waals surface area contributed by atoms with Crippen molar-refractivity contribution >= 4 is 29.5 Å². The van der Waals surface area contributed by atoms with Gasteiger partial charge in [0, 0.05) is 12.2 Å². The molecule has 0 spiro atoms. The van der Waals surface area contributed by atoms with E-state index < -0.39 is 29.4 Å². The molecule has 0 radical (unpaired) electrons. The average Bonchev–Trinajstić information content (AvgIpc) is 3.18. The fourth-order valence-electron chi connectivity index (χ4n) is 3.25. The van der Waals surface area contributed by atoms with Crippen LogP contribution in [-0.4, -0.2) is 47.6 Å². The zero-order valence-corrected chi connectivity index (χ0v) is 14.4. The molecule has 3 rings (SSSR count). The molecule has 0 saturated carbocycles. The van der Waals surface area contributed by atoms with Crippen molar-refractivity contribution in [2.24, 2.45) is 0 Å². The Hall–Kier alpha value is -2.46. The van der Waals surface area contributed by atoms with Crippen molar-refractivity contribution in [3.63, 3.8) is 0 Å². The predicted molar refractivity (Wildman–Crippen MR) is 93.2 cm³/mol. The van der Waals surface area contributed by atoms with E-state index in [4.69, 9.17) is 11.2 Å². The summed E-state index contributed by atoms with van der Waals surface area (Å²) >= 11 is 1.58. The molecular formula is C18H18N2O4S. The van der Waals surface area contributed by atoms with Gasteiger partial charge >= 0.3 is 5.97 Å². The summed E-state index contributed by atoms with van der Waals surface area (Å²) in [4.78, 5) is 37.5. The molecule has 25 heavy (non-hydrogen) atoms. The van der Waals surface area contributed by atoms with Gasteiger partial charge in [-0.25, -0.2) is 4.79 Å². The van der Waals surface area contributed by atoms with Crippen LogP contribution in [0.15, 0.2) is 30.3 Å². The number of terminal acetylenes is 1. The Labute approximate surface area is 150 Å². The highest BCUT2D eigenvalue weighted by molar-refractivity contribution is 8.00. The zero-order chi connectivity index (χ0) is 17.9. The van der Waals surface area contributed by atoms with E-state index in [1.807, 2.05) is 30.3 Å². The maximum absolute atomic E-state index is 12.4. The van der Waals surface area contributed by atoms with E-state index in [1.54, 1.807) is 16.7 Å². The highest BCUT2D eigenvalue weighted by Gasteiger charge is 2.57. The third-order valence-electron chi connectivity index (χ3n) is 4.36. The SMILES string of the molecule is C#CCNC(=O)COC(=O)[C@@H]1CS[C@@]2(c3ccccc3)CCC(=O)N12. The number of esters is 1. The molecule has 2 heterocycles. The Morgan fingerprint density at radius 3 is 2.88 bits per heavy atom. The van der Waals surface area contributed by atoms with Crippen LogP contribution in [0.25, 0.3) is 0 Å². The summed E-state index contributed by atoms with van der Waals surface area (Å²) in [6, 6.07) is 9.03. The van der Waals surface area contributed by atoms with Crippen molar-refractivity contribution < 1.29 is 19.1 Å². The topological polar surface area (TPSA) is 75.7 Å². The standard InChI is InChI=1S/C18H18N2O4S/c1-2-10-19-15(21)11-24-17(23)14-12-25-18(9-8-16(22)20(14)18)13-6-4-3-5-7-13/h1,3-7,14H,8-12H2,(H,19,21)/t14-,18+/m0/s1. The fourth-order valence-corrected chi connectivity index (χ4v) is 4.89. The molecule has 130 valence electrons. The Balaban J connectivity index is 1.72. The largest absolute Gasteiger partial charge is 0.454 e. The van der Waals surface area contributed by atoms with Gasteiger partial charge in [-0.3, -0.25) is 9.59 Å². The van der Waals surface area contributed by atoms with E-state index in [2.05, 4.69) is 11.2 Å². The number of nitrogens with zero attached hydrogens (tertiary/aromatic N) is 1. The van der Waals surface area contributed by atoms with Crippen LogP contribution in [-0.2, 0) is 24.0 Å². The molecule has 0 aromatic heterocycles. The van der Waals surface area contributed by atoms with E-state index >= 15 is 0 Å². The molecule has 0 unspecified atom stereocenters. The lowest BCUT2D eigenvalue weighted by Gasteiger charge is -2.33. The highest BCUT2D eigenvalue weighted by atomic mass is 32.2. The Kier molecular flexibility index (Phi) is 5.00. The van der Waals surface area contributed by atoms with Gasteiger partial charge in [-0.15, -0.1) is 18.2 Å². The molecule has 2 amide bonds. The van der Waals surface area contributed by atoms with Gasteiger partial charge < -0.3 is 15.0 Å². The summed E-state index contributed by atoms with van der Waals surface area (Å²) in [6.07, 6.45) is 6.11. The normalized spacial score (nSPS) is 24.5. The molecule has 0 aliphatic carbocycles. The van der Waals surface area contributed by atoms with Crippen LogP contribution in [0, 0.1) is 12.3 Å². The van der Waals surface area contributed by atoms with E-state index in [0.717, 1.165) is 5.56 Å². The molecule has 2 atom stereocenters. The second-order valence-corrected chi connectivity index (χ2v) is 7.13. The third-order valence-corrected chi connectivity index (χ3v) is 5.95. The molecule has 6 nitrogen and oxygen atoms in total. The number of ether oxygens (including phenoxy) is 1. The van der Waals surface area contributed by atoms with Crippen molar-refractivity contribution in [2.75, 3.05) is 18.9 Å². The van der Waals surface area contributed by atoms with Gasteiger partial charge in [-0.05, 0) is 12.0 Å². The van der Waals surface area contributed by atoms with Gasteiger partial charge in [0.1, 0.15) is 10.9 Å². The minimum absolute atomic E-state index is 0.0624. The van der Waals surface area contributed by atoms with Crippen molar-refractivity contribution in [1.82, 2.24) is 10.2 Å². The number of carbonyl (C=O) groups is 3. The van der Waals surface area contributed by atoms with Crippen LogP contribution in [0.2, 0.25) is 0 Å². The first-order valence-corrected chi connectivity index (χ1v) is 8.95. The minimum atomic E-state index is -0.680. The number of hydrogen-bond acceptors (Lipinski definition) is 5. The van der Waals surface area contributed by atoms with Gasteiger partial charge in [0.05, 0.1) is 6.54 Å². The fraction of sp³-hybridized carbons (Fsp3) is 0.389. The lowest BCUT2D eigenvalue weighted by atomic mass is 10.0. The molecule has 2 saturated heterocycles. The monoisotopic (exact) mass is 358 g/mol. The third kappa shape index (κ3) is 3.22. The van der Waals surface area contributed by atoms with Crippen LogP contribution in [0.4, 0.5) is 0 Å². The van der Waals surface area contributed by atoms with Crippen molar-refractivity contribution in [3.8, 4) is 12.3 Å². The second kappa shape index (κ2) is 7.19. The van der Waals surface area contributed by atoms with Crippen molar-refractivity contribution in [1.29, 1.82) is 0 Å². The number of fused-ring (bicyclic) bond motifs is 1. The average molecular weight is 358 g/mol. The molecule has 7 heteroatoms. The molecule has 1 aromatic carbocycles. The first-order chi connectivity index (χ1) is 12.1. The summed E-state index contributed by atoms with van der Waals surface area (Å²) in [5.74, 6) is 1.64. The molecule has 2 aliphatic heterocycles. The number of carbonyl (C=O) groups excluding carboxylic acids is 3. The van der Waals surface area contributed by atoms with Crippen LogP contribution in [0.1, 0.15) is 18.4 Å². The van der Waals surface area contributed by atoms with Crippen LogP contribution >= 0.6 is 11.8 Å². The van der Waals surface area contributed by atoms with Crippen molar-refractivity contribution in [3.05, 3.63) is 35.9 Å². The lowest BCUT2D eigenvalue weighted by Crippen LogP contribution is -2.47. The lowest BCUT2D eigenvalue weighted by molar-refractivity contribution is -0.156. The van der Waals surface area contributed by atoms with Gasteiger partial charge in [0.2, 0.25) is 5.91 Å². The zero-order valence-electron chi connectivity index (χ0n) is 13.6. The molecule has 2 fully saturated rings. The number of amides is 2.